The monoisotopic (exact) mass is 353 g/mol. The van der Waals surface area contributed by atoms with Crippen LogP contribution in [-0.4, -0.2) is 32.0 Å². The van der Waals surface area contributed by atoms with Crippen molar-refractivity contribution in [2.45, 2.75) is 30.8 Å². The van der Waals surface area contributed by atoms with Crippen molar-refractivity contribution in [2.24, 2.45) is 5.73 Å². The fourth-order valence-electron chi connectivity index (χ4n) is 1.91. The Kier molecular flexibility index (Phi) is 5.62. The molecule has 7 nitrogen and oxygen atoms in total. The van der Waals surface area contributed by atoms with Crippen LogP contribution < -0.4 is 11.1 Å². The van der Waals surface area contributed by atoms with E-state index in [1.165, 1.54) is 11.8 Å². The van der Waals surface area contributed by atoms with Gasteiger partial charge in [0.1, 0.15) is 0 Å². The molecule has 1 atom stereocenters. The third kappa shape index (κ3) is 4.23. The van der Waals surface area contributed by atoms with E-state index in [4.69, 9.17) is 17.3 Å². The van der Waals surface area contributed by atoms with Crippen molar-refractivity contribution in [3.05, 3.63) is 29.3 Å². The summed E-state index contributed by atoms with van der Waals surface area (Å²) < 4.78 is 1.89. The van der Waals surface area contributed by atoms with Crippen molar-refractivity contribution in [1.82, 2.24) is 20.1 Å². The van der Waals surface area contributed by atoms with Crippen LogP contribution in [0.4, 0.5) is 4.79 Å². The summed E-state index contributed by atoms with van der Waals surface area (Å²) in [6.07, 6.45) is 0. The second-order valence-corrected chi connectivity index (χ2v) is 6.42. The number of hydrogen-bond acceptors (Lipinski definition) is 5. The Bertz CT molecular complexity index is 716. The van der Waals surface area contributed by atoms with Crippen LogP contribution in [0.25, 0.3) is 11.4 Å². The summed E-state index contributed by atoms with van der Waals surface area (Å²) in [6.45, 7) is 4.26. The van der Waals surface area contributed by atoms with Gasteiger partial charge in [0.25, 0.3) is 0 Å². The van der Waals surface area contributed by atoms with Crippen LogP contribution in [0.3, 0.4) is 0 Å². The standard InChI is InChI=1S/C14H16ClN5O2S/c1-3-20-11(9-4-6-10(15)7-5-9)18-19-14(20)23-8(2)12(21)17-13(16)22/h4-8H,3H2,1-2H3,(H3,16,17,21,22). The summed E-state index contributed by atoms with van der Waals surface area (Å²) in [5.41, 5.74) is 5.83. The molecule has 9 heteroatoms. The average molecular weight is 354 g/mol. The number of benzene rings is 1. The Morgan fingerprint density at radius 3 is 2.57 bits per heavy atom. The lowest BCUT2D eigenvalue weighted by atomic mass is 10.2. The summed E-state index contributed by atoms with van der Waals surface area (Å²) >= 11 is 7.10. The van der Waals surface area contributed by atoms with E-state index < -0.39 is 17.2 Å². The maximum atomic E-state index is 11.8. The zero-order valence-corrected chi connectivity index (χ0v) is 14.2. The molecule has 1 aromatic carbocycles. The molecule has 0 fully saturated rings. The van der Waals surface area contributed by atoms with Crippen molar-refractivity contribution in [1.29, 1.82) is 0 Å². The highest BCUT2D eigenvalue weighted by Crippen LogP contribution is 2.27. The van der Waals surface area contributed by atoms with Gasteiger partial charge in [-0.2, -0.15) is 0 Å². The highest BCUT2D eigenvalue weighted by atomic mass is 35.5. The van der Waals surface area contributed by atoms with E-state index in [2.05, 4.69) is 15.5 Å². The molecule has 0 aliphatic rings. The molecular formula is C14H16ClN5O2S. The molecule has 0 bridgehead atoms. The first kappa shape index (κ1) is 17.3. The van der Waals surface area contributed by atoms with E-state index in [-0.39, 0.29) is 0 Å². The molecule has 2 rings (SSSR count). The van der Waals surface area contributed by atoms with E-state index in [9.17, 15) is 9.59 Å². The molecule has 3 N–H and O–H groups in total. The number of nitrogens with zero attached hydrogens (tertiary/aromatic N) is 3. The fraction of sp³-hybridized carbons (Fsp3) is 0.286. The van der Waals surface area contributed by atoms with Gasteiger partial charge in [0, 0.05) is 17.1 Å². The number of urea groups is 1. The number of halogens is 1. The molecule has 122 valence electrons. The van der Waals surface area contributed by atoms with Gasteiger partial charge in [0.15, 0.2) is 11.0 Å². The Morgan fingerprint density at radius 1 is 1.35 bits per heavy atom. The molecule has 0 aliphatic heterocycles. The number of nitrogens with one attached hydrogen (secondary N) is 1. The highest BCUT2D eigenvalue weighted by Gasteiger charge is 2.21. The number of primary amides is 1. The molecule has 1 unspecified atom stereocenters. The van der Waals surface area contributed by atoms with E-state index in [1.54, 1.807) is 19.1 Å². The Morgan fingerprint density at radius 2 is 2.00 bits per heavy atom. The first-order chi connectivity index (χ1) is 10.9. The third-order valence-electron chi connectivity index (χ3n) is 3.03. The lowest BCUT2D eigenvalue weighted by Crippen LogP contribution is -2.39. The van der Waals surface area contributed by atoms with Crippen LogP contribution >= 0.6 is 23.4 Å². The Labute approximate surface area is 142 Å². The van der Waals surface area contributed by atoms with Crippen molar-refractivity contribution in [2.75, 3.05) is 0 Å². The quantitative estimate of drug-likeness (QED) is 0.803. The SMILES string of the molecule is CCn1c(SC(C)C(=O)NC(N)=O)nnc1-c1ccc(Cl)cc1. The van der Waals surface area contributed by atoms with Gasteiger partial charge in [-0.3, -0.25) is 10.1 Å². The van der Waals surface area contributed by atoms with E-state index in [0.29, 0.717) is 22.5 Å². The minimum atomic E-state index is -0.874. The number of carbonyl (C=O) groups excluding carboxylic acids is 2. The zero-order chi connectivity index (χ0) is 17.0. The van der Waals surface area contributed by atoms with Crippen molar-refractivity contribution in [3.63, 3.8) is 0 Å². The van der Waals surface area contributed by atoms with Gasteiger partial charge >= 0.3 is 6.03 Å². The normalized spacial score (nSPS) is 12.0. The second-order valence-electron chi connectivity index (χ2n) is 4.67. The highest BCUT2D eigenvalue weighted by molar-refractivity contribution is 8.00. The van der Waals surface area contributed by atoms with E-state index in [0.717, 1.165) is 5.56 Å². The molecule has 1 aromatic heterocycles. The molecule has 0 saturated carbocycles. The first-order valence-electron chi connectivity index (χ1n) is 6.88. The minimum absolute atomic E-state index is 0.471. The summed E-state index contributed by atoms with van der Waals surface area (Å²) in [5.74, 6) is 0.218. The minimum Gasteiger partial charge on any atom is -0.351 e. The molecule has 0 spiro atoms. The van der Waals surface area contributed by atoms with Crippen LogP contribution in [0.1, 0.15) is 13.8 Å². The molecule has 2 aromatic rings. The van der Waals surface area contributed by atoms with E-state index >= 15 is 0 Å². The maximum Gasteiger partial charge on any atom is 0.318 e. The van der Waals surface area contributed by atoms with Crippen molar-refractivity contribution >= 4 is 35.3 Å². The van der Waals surface area contributed by atoms with Gasteiger partial charge in [0.05, 0.1) is 5.25 Å². The van der Waals surface area contributed by atoms with Crippen molar-refractivity contribution < 1.29 is 9.59 Å². The number of rotatable bonds is 5. The van der Waals surface area contributed by atoms with Crippen molar-refractivity contribution in [3.8, 4) is 11.4 Å². The number of aromatic nitrogens is 3. The van der Waals surface area contributed by atoms with Gasteiger partial charge in [-0.05, 0) is 38.1 Å². The van der Waals surface area contributed by atoms with Gasteiger partial charge in [0.2, 0.25) is 5.91 Å². The number of thioether (sulfide) groups is 1. The molecule has 0 saturated heterocycles. The maximum absolute atomic E-state index is 11.8. The zero-order valence-electron chi connectivity index (χ0n) is 12.6. The lowest BCUT2D eigenvalue weighted by Gasteiger charge is -2.11. The largest absolute Gasteiger partial charge is 0.351 e. The Hall–Kier alpha value is -2.06. The summed E-state index contributed by atoms with van der Waals surface area (Å²) in [5, 5.41) is 11.1. The van der Waals surface area contributed by atoms with Gasteiger partial charge in [-0.15, -0.1) is 10.2 Å². The molecule has 3 amide bonds. The summed E-state index contributed by atoms with van der Waals surface area (Å²) in [7, 11) is 0. The lowest BCUT2D eigenvalue weighted by molar-refractivity contribution is -0.119. The fourth-order valence-corrected chi connectivity index (χ4v) is 2.95. The number of nitrogens with two attached hydrogens (primary N) is 1. The smallest absolute Gasteiger partial charge is 0.318 e. The predicted molar refractivity (Wildman–Crippen MR) is 89.2 cm³/mol. The molecule has 0 radical (unpaired) electrons. The van der Waals surface area contributed by atoms with Gasteiger partial charge in [-0.25, -0.2) is 4.79 Å². The van der Waals surface area contributed by atoms with E-state index in [1.807, 2.05) is 23.6 Å². The molecule has 0 aliphatic carbocycles. The number of carbonyl (C=O) groups is 2. The molecule has 1 heterocycles. The molecular weight excluding hydrogens is 338 g/mol. The summed E-state index contributed by atoms with van der Waals surface area (Å²) in [4.78, 5) is 22.5. The number of imide groups is 1. The van der Waals surface area contributed by atoms with Gasteiger partial charge in [-0.1, -0.05) is 23.4 Å². The van der Waals surface area contributed by atoms with Crippen LogP contribution in [0.5, 0.6) is 0 Å². The Balaban J connectivity index is 2.22. The van der Waals surface area contributed by atoms with Crippen LogP contribution in [-0.2, 0) is 11.3 Å². The van der Waals surface area contributed by atoms with Crippen LogP contribution in [0, 0.1) is 0 Å². The summed E-state index contributed by atoms with van der Waals surface area (Å²) in [6, 6.07) is 6.40. The second kappa shape index (κ2) is 7.47. The average Bonchev–Trinajstić information content (AvgIpc) is 2.89. The topological polar surface area (TPSA) is 103 Å². The third-order valence-corrected chi connectivity index (χ3v) is 4.37. The first-order valence-corrected chi connectivity index (χ1v) is 8.14. The van der Waals surface area contributed by atoms with Crippen LogP contribution in [0.2, 0.25) is 5.02 Å². The van der Waals surface area contributed by atoms with Crippen LogP contribution in [0.15, 0.2) is 29.4 Å². The van der Waals surface area contributed by atoms with Gasteiger partial charge < -0.3 is 10.3 Å². The predicted octanol–water partition coefficient (Wildman–Crippen LogP) is 2.29. The number of hydrogen-bond donors (Lipinski definition) is 2. The number of amides is 3. The molecule has 23 heavy (non-hydrogen) atoms.